The largest absolute Gasteiger partial charge is 4.00 e. The summed E-state index contributed by atoms with van der Waals surface area (Å²) in [6.45, 7) is 6.85. The van der Waals surface area contributed by atoms with Gasteiger partial charge in [-0.25, -0.2) is 0 Å². The summed E-state index contributed by atoms with van der Waals surface area (Å²) < 4.78 is 0. The number of aryl methyl sites for hydroxylation is 2. The van der Waals surface area contributed by atoms with Crippen molar-refractivity contribution in [3.05, 3.63) is 182 Å². The van der Waals surface area contributed by atoms with Gasteiger partial charge in [-0.2, -0.15) is 12.1 Å². The summed E-state index contributed by atoms with van der Waals surface area (Å²) in [7, 11) is 0. The topological polar surface area (TPSA) is 0 Å². The summed E-state index contributed by atoms with van der Waals surface area (Å²) in [6.07, 6.45) is 0.930. The van der Waals surface area contributed by atoms with Gasteiger partial charge in [-0.1, -0.05) is 109 Å². The van der Waals surface area contributed by atoms with Gasteiger partial charge < -0.3 is 14.9 Å². The van der Waals surface area contributed by atoms with Gasteiger partial charge in [-0.3, -0.25) is 0 Å². The van der Waals surface area contributed by atoms with Crippen LogP contribution < -0.4 is 0 Å². The van der Waals surface area contributed by atoms with Crippen LogP contribution in [0.3, 0.4) is 0 Å². The van der Waals surface area contributed by atoms with E-state index in [9.17, 15) is 0 Å². The molecule has 0 aliphatic carbocycles. The number of hydrogen-bond acceptors (Lipinski definition) is 0. The molecule has 216 valence electrons. The van der Waals surface area contributed by atoms with Crippen LogP contribution in [0.25, 0.3) is 43.8 Å². The minimum absolute atomic E-state index is 0. The van der Waals surface area contributed by atoms with Crippen molar-refractivity contribution in [3.8, 4) is 22.3 Å². The van der Waals surface area contributed by atoms with E-state index in [4.69, 9.17) is 0 Å². The fourth-order valence-corrected chi connectivity index (χ4v) is 6.70. The normalized spacial score (nSPS) is 11.1. The minimum Gasteiger partial charge on any atom is -0.358 e. The summed E-state index contributed by atoms with van der Waals surface area (Å²) in [6, 6.07) is 51.7. The van der Waals surface area contributed by atoms with Crippen LogP contribution in [0.4, 0.5) is 0 Å². The quantitative estimate of drug-likeness (QED) is 0.118. The second-order valence-corrected chi connectivity index (χ2v) is 11.7. The Morgan fingerprint density at radius 2 is 0.909 bits per heavy atom. The standard InChI is InChI=1S/C41H34.2CH3.Hf/c1-28-13-7-9-19-35(28)37-21-11-17-31-23-33(25-39(31)37)41(3,27-30-15-5-4-6-16-30)34-24-32-18-12-22-38(40(32)26-34)36-20-10-8-14-29(36)2;;;/h4-26H,27H2,1-3H3;2*1H3;/q-2;2*-1;+4. The van der Waals surface area contributed by atoms with Gasteiger partial charge >= 0.3 is 25.8 Å². The maximum atomic E-state index is 2.46. The molecule has 0 nitrogen and oxygen atoms in total. The second kappa shape index (κ2) is 13.4. The first-order valence-electron chi connectivity index (χ1n) is 14.6. The predicted molar refractivity (Wildman–Crippen MR) is 189 cm³/mol. The van der Waals surface area contributed by atoms with Crippen LogP contribution in [-0.2, 0) is 37.7 Å². The first kappa shape index (κ1) is 33.1. The molecule has 0 heterocycles. The van der Waals surface area contributed by atoms with Crippen molar-refractivity contribution in [2.75, 3.05) is 0 Å². The van der Waals surface area contributed by atoms with E-state index in [1.54, 1.807) is 0 Å². The Morgan fingerprint density at radius 3 is 1.36 bits per heavy atom. The van der Waals surface area contributed by atoms with Crippen LogP contribution in [0.2, 0.25) is 0 Å². The summed E-state index contributed by atoms with van der Waals surface area (Å²) in [5.74, 6) is 0. The third kappa shape index (κ3) is 5.83. The Balaban J connectivity index is 0.00000147. The molecule has 0 radical (unpaired) electrons. The van der Waals surface area contributed by atoms with Crippen molar-refractivity contribution in [2.45, 2.75) is 32.6 Å². The van der Waals surface area contributed by atoms with Gasteiger partial charge in [-0.05, 0) is 53.5 Å². The van der Waals surface area contributed by atoms with Crippen molar-refractivity contribution in [2.24, 2.45) is 0 Å². The van der Waals surface area contributed by atoms with Crippen LogP contribution >= 0.6 is 0 Å². The molecular formula is C43H40Hf. The van der Waals surface area contributed by atoms with Crippen molar-refractivity contribution in [1.29, 1.82) is 0 Å². The van der Waals surface area contributed by atoms with Gasteiger partial charge in [0.05, 0.1) is 0 Å². The van der Waals surface area contributed by atoms with E-state index in [1.165, 1.54) is 71.6 Å². The van der Waals surface area contributed by atoms with Crippen LogP contribution in [0.1, 0.15) is 34.7 Å². The number of fused-ring (bicyclic) bond motifs is 2. The summed E-state index contributed by atoms with van der Waals surface area (Å²) >= 11 is 0. The molecule has 0 amide bonds. The zero-order valence-corrected chi connectivity index (χ0v) is 30.1. The van der Waals surface area contributed by atoms with Crippen molar-refractivity contribution in [3.63, 3.8) is 0 Å². The molecule has 0 aliphatic rings. The fourth-order valence-electron chi connectivity index (χ4n) is 6.70. The molecule has 7 aromatic rings. The SMILES string of the molecule is Cc1ccccc1-c1cccc2[cH-]c(C(C)(Cc3ccccc3)c3cc4c(-c5ccccc5C)cccc4[cH-]3)cc12.[CH3-].[CH3-].[Hf+4]. The van der Waals surface area contributed by atoms with E-state index in [1.807, 2.05) is 0 Å². The average Bonchev–Trinajstić information content (AvgIpc) is 3.64. The number of benzene rings is 5. The van der Waals surface area contributed by atoms with E-state index in [2.05, 4.69) is 160 Å². The molecule has 0 bridgehead atoms. The Morgan fingerprint density at radius 1 is 0.500 bits per heavy atom. The summed E-state index contributed by atoms with van der Waals surface area (Å²) in [5.41, 5.74) is 11.7. The van der Waals surface area contributed by atoms with E-state index in [-0.39, 0.29) is 46.1 Å². The van der Waals surface area contributed by atoms with E-state index in [0.717, 1.165) is 6.42 Å². The van der Waals surface area contributed by atoms with Crippen LogP contribution in [0.15, 0.2) is 140 Å². The molecule has 0 saturated heterocycles. The molecule has 7 rings (SSSR count). The van der Waals surface area contributed by atoms with E-state index in [0.29, 0.717) is 0 Å². The zero-order valence-electron chi connectivity index (χ0n) is 26.5. The fraction of sp³-hybridized carbons (Fsp3) is 0.116. The van der Waals surface area contributed by atoms with Crippen LogP contribution in [-0.4, -0.2) is 0 Å². The number of rotatable bonds is 6. The van der Waals surface area contributed by atoms with Gasteiger partial charge in [0, 0.05) is 0 Å². The van der Waals surface area contributed by atoms with Gasteiger partial charge in [0.1, 0.15) is 0 Å². The maximum Gasteiger partial charge on any atom is 4.00 e. The Labute approximate surface area is 282 Å². The monoisotopic (exact) mass is 736 g/mol. The first-order valence-corrected chi connectivity index (χ1v) is 14.6. The van der Waals surface area contributed by atoms with E-state index >= 15 is 0 Å². The third-order valence-corrected chi connectivity index (χ3v) is 9.05. The van der Waals surface area contributed by atoms with Crippen LogP contribution in [0, 0.1) is 28.7 Å². The summed E-state index contributed by atoms with van der Waals surface area (Å²) in [5, 5.41) is 5.26. The molecule has 0 aromatic heterocycles. The second-order valence-electron chi connectivity index (χ2n) is 11.7. The molecule has 0 atom stereocenters. The molecule has 0 fully saturated rings. The Kier molecular flexibility index (Phi) is 10.1. The van der Waals surface area contributed by atoms with Crippen molar-refractivity contribution in [1.82, 2.24) is 0 Å². The minimum atomic E-state index is -0.203. The van der Waals surface area contributed by atoms with E-state index < -0.39 is 0 Å². The smallest absolute Gasteiger partial charge is 0.358 e. The predicted octanol–water partition coefficient (Wildman–Crippen LogP) is 11.8. The third-order valence-electron chi connectivity index (χ3n) is 9.05. The number of hydrogen-bond donors (Lipinski definition) is 0. The molecule has 7 aromatic carbocycles. The maximum absolute atomic E-state index is 2.46. The average molecular weight is 735 g/mol. The molecule has 0 N–H and O–H groups in total. The van der Waals surface area contributed by atoms with Gasteiger partial charge in [0.15, 0.2) is 0 Å². The van der Waals surface area contributed by atoms with Crippen LogP contribution in [0.5, 0.6) is 0 Å². The molecule has 1 heteroatoms. The van der Waals surface area contributed by atoms with Gasteiger partial charge in [0.2, 0.25) is 0 Å². The van der Waals surface area contributed by atoms with Crippen molar-refractivity contribution >= 4 is 21.5 Å². The van der Waals surface area contributed by atoms with Gasteiger partial charge in [0.25, 0.3) is 0 Å². The molecule has 0 aliphatic heterocycles. The Bertz CT molecular complexity index is 1880. The molecule has 0 unspecified atom stereocenters. The molecular weight excluding hydrogens is 695 g/mol. The molecule has 0 saturated carbocycles. The Hall–Kier alpha value is -3.81. The first-order chi connectivity index (χ1) is 20.0. The van der Waals surface area contributed by atoms with Crippen molar-refractivity contribution < 1.29 is 25.8 Å². The molecule has 0 spiro atoms. The summed E-state index contributed by atoms with van der Waals surface area (Å²) in [4.78, 5) is 0. The zero-order chi connectivity index (χ0) is 28.0. The van der Waals surface area contributed by atoms with Gasteiger partial charge in [-0.15, -0.1) is 69.1 Å². The molecule has 44 heavy (non-hydrogen) atoms.